The summed E-state index contributed by atoms with van der Waals surface area (Å²) in [5.74, 6) is 0.621. The van der Waals surface area contributed by atoms with Gasteiger partial charge in [-0.1, -0.05) is 39.3 Å². The summed E-state index contributed by atoms with van der Waals surface area (Å²) in [6.45, 7) is 8.90. The number of rotatable bonds is 5. The van der Waals surface area contributed by atoms with Crippen LogP contribution in [0.4, 0.5) is 0 Å². The Labute approximate surface area is 161 Å². The van der Waals surface area contributed by atoms with Gasteiger partial charge in [0.1, 0.15) is 6.54 Å². The highest BCUT2D eigenvalue weighted by molar-refractivity contribution is 5.81. The first kappa shape index (κ1) is 19.6. The second-order valence-corrected chi connectivity index (χ2v) is 8.61. The molecule has 0 bridgehead atoms. The number of aromatic nitrogens is 2. The largest absolute Gasteiger partial charge is 0.352 e. The molecule has 1 aromatic carbocycles. The zero-order valence-electron chi connectivity index (χ0n) is 16.9. The van der Waals surface area contributed by atoms with Gasteiger partial charge in [-0.15, -0.1) is 0 Å². The van der Waals surface area contributed by atoms with Crippen LogP contribution in [-0.2, 0) is 11.3 Å². The van der Waals surface area contributed by atoms with E-state index in [4.69, 9.17) is 0 Å². The average Bonchev–Trinajstić information content (AvgIpc) is 2.65. The minimum Gasteiger partial charge on any atom is -0.352 e. The first-order valence-electron chi connectivity index (χ1n) is 10.1. The van der Waals surface area contributed by atoms with Crippen LogP contribution in [0.1, 0.15) is 58.4 Å². The van der Waals surface area contributed by atoms with Crippen LogP contribution in [0.5, 0.6) is 0 Å². The molecule has 1 N–H and O–H groups in total. The molecule has 3 rings (SSSR count). The van der Waals surface area contributed by atoms with Gasteiger partial charge >= 0.3 is 0 Å². The molecule has 0 unspecified atom stereocenters. The SMILES string of the molecule is CCC(C)(C)C1CCC(NC(=O)Cn2cnc3c(C)cccc3c2=O)CC1. The quantitative estimate of drug-likeness (QED) is 0.871. The molecule has 0 aliphatic heterocycles. The van der Waals surface area contributed by atoms with Gasteiger partial charge in [-0.25, -0.2) is 4.98 Å². The van der Waals surface area contributed by atoms with E-state index in [0.29, 0.717) is 16.3 Å². The molecular formula is C22H31N3O2. The average molecular weight is 370 g/mol. The van der Waals surface area contributed by atoms with Gasteiger partial charge < -0.3 is 5.32 Å². The van der Waals surface area contributed by atoms with Crippen molar-refractivity contribution in [1.82, 2.24) is 14.9 Å². The summed E-state index contributed by atoms with van der Waals surface area (Å²) in [4.78, 5) is 29.5. The van der Waals surface area contributed by atoms with Crippen LogP contribution in [0.25, 0.3) is 10.9 Å². The van der Waals surface area contributed by atoms with Crippen LogP contribution >= 0.6 is 0 Å². The van der Waals surface area contributed by atoms with Gasteiger partial charge in [0.05, 0.1) is 17.2 Å². The molecule has 1 amide bonds. The lowest BCUT2D eigenvalue weighted by Crippen LogP contribution is -2.42. The second-order valence-electron chi connectivity index (χ2n) is 8.61. The maximum absolute atomic E-state index is 12.6. The molecule has 1 fully saturated rings. The van der Waals surface area contributed by atoms with Gasteiger partial charge in [0, 0.05) is 6.04 Å². The Bertz CT molecular complexity index is 877. The molecule has 2 aromatic rings. The van der Waals surface area contributed by atoms with Crippen molar-refractivity contribution in [3.05, 3.63) is 40.4 Å². The Morgan fingerprint density at radius 2 is 1.96 bits per heavy atom. The molecule has 1 aliphatic rings. The Kier molecular flexibility index (Phi) is 5.68. The number of fused-ring (bicyclic) bond motifs is 1. The Balaban J connectivity index is 1.62. The number of carbonyl (C=O) groups is 1. The molecular weight excluding hydrogens is 338 g/mol. The van der Waals surface area contributed by atoms with Crippen LogP contribution in [0.15, 0.2) is 29.3 Å². The van der Waals surface area contributed by atoms with Crippen molar-refractivity contribution in [2.45, 2.75) is 72.4 Å². The highest BCUT2D eigenvalue weighted by atomic mass is 16.2. The number of nitrogens with zero attached hydrogens (tertiary/aromatic N) is 2. The minimum absolute atomic E-state index is 0.0239. The van der Waals surface area contributed by atoms with Crippen molar-refractivity contribution in [2.75, 3.05) is 0 Å². The number of aryl methyl sites for hydroxylation is 1. The van der Waals surface area contributed by atoms with Crippen LogP contribution in [-0.4, -0.2) is 21.5 Å². The first-order chi connectivity index (χ1) is 12.8. The Morgan fingerprint density at radius 1 is 1.26 bits per heavy atom. The lowest BCUT2D eigenvalue weighted by molar-refractivity contribution is -0.122. The zero-order valence-corrected chi connectivity index (χ0v) is 16.9. The van der Waals surface area contributed by atoms with Gasteiger partial charge in [-0.05, 0) is 55.6 Å². The van der Waals surface area contributed by atoms with Crippen LogP contribution in [0, 0.1) is 18.3 Å². The molecule has 5 nitrogen and oxygen atoms in total. The first-order valence-corrected chi connectivity index (χ1v) is 10.1. The summed E-state index contributed by atoms with van der Waals surface area (Å²) in [6.07, 6.45) is 7.02. The van der Waals surface area contributed by atoms with Gasteiger partial charge in [0.2, 0.25) is 5.91 Å². The lowest BCUT2D eigenvalue weighted by Gasteiger charge is -2.39. The molecule has 0 atom stereocenters. The number of nitrogens with one attached hydrogen (secondary N) is 1. The molecule has 1 aromatic heterocycles. The predicted molar refractivity (Wildman–Crippen MR) is 109 cm³/mol. The smallest absolute Gasteiger partial charge is 0.261 e. The van der Waals surface area contributed by atoms with Crippen LogP contribution < -0.4 is 10.9 Å². The molecule has 0 spiro atoms. The molecule has 0 saturated heterocycles. The summed E-state index contributed by atoms with van der Waals surface area (Å²) < 4.78 is 1.41. The summed E-state index contributed by atoms with van der Waals surface area (Å²) in [5, 5.41) is 3.68. The summed E-state index contributed by atoms with van der Waals surface area (Å²) in [7, 11) is 0. The lowest BCUT2D eigenvalue weighted by atomic mass is 9.69. The van der Waals surface area contributed by atoms with E-state index >= 15 is 0 Å². The van der Waals surface area contributed by atoms with E-state index in [1.807, 2.05) is 19.1 Å². The van der Waals surface area contributed by atoms with Gasteiger partial charge in [0.25, 0.3) is 5.56 Å². The normalized spacial score (nSPS) is 20.6. The summed E-state index contributed by atoms with van der Waals surface area (Å²) in [6, 6.07) is 5.76. The molecule has 146 valence electrons. The van der Waals surface area contributed by atoms with Crippen molar-refractivity contribution in [1.29, 1.82) is 0 Å². The Morgan fingerprint density at radius 3 is 2.63 bits per heavy atom. The number of benzene rings is 1. The van der Waals surface area contributed by atoms with E-state index in [2.05, 4.69) is 31.1 Å². The van der Waals surface area contributed by atoms with E-state index < -0.39 is 0 Å². The van der Waals surface area contributed by atoms with Crippen molar-refractivity contribution < 1.29 is 4.79 Å². The number of hydrogen-bond acceptors (Lipinski definition) is 3. The minimum atomic E-state index is -0.160. The van der Waals surface area contributed by atoms with Crippen LogP contribution in [0.3, 0.4) is 0 Å². The number of para-hydroxylation sites is 1. The van der Waals surface area contributed by atoms with Crippen LogP contribution in [0.2, 0.25) is 0 Å². The van der Waals surface area contributed by atoms with E-state index in [1.54, 1.807) is 6.07 Å². The fourth-order valence-electron chi connectivity index (χ4n) is 4.19. The monoisotopic (exact) mass is 369 g/mol. The Hall–Kier alpha value is -2.17. The van der Waals surface area contributed by atoms with Crippen molar-refractivity contribution in [3.63, 3.8) is 0 Å². The number of carbonyl (C=O) groups excluding carboxylic acids is 1. The standard InChI is InChI=1S/C22H31N3O2/c1-5-22(3,4)16-9-11-17(12-10-16)24-19(26)13-25-14-23-20-15(2)7-6-8-18(20)21(25)27/h6-8,14,16-17H,5,9-13H2,1-4H3,(H,24,26). The third kappa shape index (κ3) is 4.23. The molecule has 1 heterocycles. The fourth-order valence-corrected chi connectivity index (χ4v) is 4.19. The maximum Gasteiger partial charge on any atom is 0.261 e. The molecule has 0 radical (unpaired) electrons. The predicted octanol–water partition coefficient (Wildman–Crippen LogP) is 3.82. The van der Waals surface area contributed by atoms with E-state index in [1.165, 1.54) is 17.3 Å². The molecule has 1 saturated carbocycles. The van der Waals surface area contributed by atoms with E-state index in [-0.39, 0.29) is 24.1 Å². The summed E-state index contributed by atoms with van der Waals surface area (Å²) in [5.41, 5.74) is 1.88. The third-order valence-electron chi connectivity index (χ3n) is 6.48. The van der Waals surface area contributed by atoms with Crippen molar-refractivity contribution in [2.24, 2.45) is 11.3 Å². The topological polar surface area (TPSA) is 64.0 Å². The van der Waals surface area contributed by atoms with E-state index in [9.17, 15) is 9.59 Å². The van der Waals surface area contributed by atoms with Crippen molar-refractivity contribution >= 4 is 16.8 Å². The van der Waals surface area contributed by atoms with Gasteiger partial charge in [-0.2, -0.15) is 0 Å². The number of hydrogen-bond donors (Lipinski definition) is 1. The molecule has 27 heavy (non-hydrogen) atoms. The zero-order chi connectivity index (χ0) is 19.6. The molecule has 1 aliphatic carbocycles. The van der Waals surface area contributed by atoms with Gasteiger partial charge in [0.15, 0.2) is 0 Å². The highest BCUT2D eigenvalue weighted by Gasteiger charge is 2.32. The molecule has 5 heteroatoms. The highest BCUT2D eigenvalue weighted by Crippen LogP contribution is 2.40. The maximum atomic E-state index is 12.6. The number of amides is 1. The van der Waals surface area contributed by atoms with E-state index in [0.717, 1.165) is 37.2 Å². The third-order valence-corrected chi connectivity index (χ3v) is 6.48. The second kappa shape index (κ2) is 7.83. The van der Waals surface area contributed by atoms with Gasteiger partial charge in [-0.3, -0.25) is 14.2 Å². The van der Waals surface area contributed by atoms with Crippen molar-refractivity contribution in [3.8, 4) is 0 Å². The summed E-state index contributed by atoms with van der Waals surface area (Å²) >= 11 is 0. The fraction of sp³-hybridized carbons (Fsp3) is 0.591.